The lowest BCUT2D eigenvalue weighted by Crippen LogP contribution is -3.07. The molecule has 3 aromatic carbocycles. The van der Waals surface area contributed by atoms with E-state index in [9.17, 15) is 20.4 Å². The van der Waals surface area contributed by atoms with Gasteiger partial charge in [0.1, 0.15) is 36.2 Å². The Bertz CT molecular complexity index is 1440. The number of aliphatic hydroxyl groups excluding tert-OH is 2. The lowest BCUT2D eigenvalue weighted by molar-refractivity contribution is -0.843. The van der Waals surface area contributed by atoms with Crippen LogP contribution in [0.3, 0.4) is 0 Å². The topological polar surface area (TPSA) is 125 Å². The van der Waals surface area contributed by atoms with Gasteiger partial charge in [-0.25, -0.2) is 0 Å². The van der Waals surface area contributed by atoms with Crippen molar-refractivity contribution in [3.05, 3.63) is 77.1 Å². The number of ether oxygens (including phenoxy) is 3. The summed E-state index contributed by atoms with van der Waals surface area (Å²) in [4.78, 5) is 1.34. The molecule has 4 atom stereocenters. The number of methoxy groups -OCH3 is 1. The van der Waals surface area contributed by atoms with E-state index in [0.29, 0.717) is 29.2 Å². The molecular weight excluding hydrogens is 512 g/mol. The molecule has 0 saturated carbocycles. The van der Waals surface area contributed by atoms with Crippen LogP contribution in [0, 0.1) is 0 Å². The Morgan fingerprint density at radius 3 is 2.73 bits per heavy atom. The standard InChI is InChI=1S/C31H34N2O7/c1-38-27-14-19(2-5-24(27)36)31-25(37)15-23-26(40-31)16-28(39-11-10-34)30-22-4-3-21(35)13-20(22)12-18(29(23)30)6-8-33-9-7-32-17-33/h2-5,7,9,13-14,16,18,25,31-32,34-37H,6,8,10-12,15,17H2,1H3/p+1. The molecule has 0 radical (unpaired) electrons. The van der Waals surface area contributed by atoms with Gasteiger partial charge in [-0.2, -0.15) is 0 Å². The molecule has 6 rings (SSSR count). The highest BCUT2D eigenvalue weighted by Crippen LogP contribution is 2.53. The molecule has 2 heterocycles. The maximum atomic E-state index is 11.4. The third-order valence-corrected chi connectivity index (χ3v) is 8.11. The highest BCUT2D eigenvalue weighted by molar-refractivity contribution is 5.83. The molecule has 40 heavy (non-hydrogen) atoms. The first-order valence-electron chi connectivity index (χ1n) is 13.7. The molecule has 0 fully saturated rings. The monoisotopic (exact) mass is 547 g/mol. The fraction of sp³-hybridized carbons (Fsp3) is 0.355. The molecule has 9 nitrogen and oxygen atoms in total. The van der Waals surface area contributed by atoms with Gasteiger partial charge in [-0.05, 0) is 58.9 Å². The summed E-state index contributed by atoms with van der Waals surface area (Å²) in [6.07, 6.45) is 4.62. The minimum atomic E-state index is -0.826. The van der Waals surface area contributed by atoms with Gasteiger partial charge < -0.3 is 40.0 Å². The first kappa shape index (κ1) is 26.3. The van der Waals surface area contributed by atoms with Gasteiger partial charge in [0, 0.05) is 30.0 Å². The summed E-state index contributed by atoms with van der Waals surface area (Å²) in [7, 11) is 1.48. The third kappa shape index (κ3) is 4.81. The van der Waals surface area contributed by atoms with Crippen LogP contribution in [-0.2, 0) is 12.8 Å². The Balaban J connectivity index is 1.46. The number of rotatable bonds is 8. The molecule has 0 spiro atoms. The summed E-state index contributed by atoms with van der Waals surface area (Å²) in [6, 6.07) is 12.2. The molecule has 210 valence electrons. The number of nitrogens with one attached hydrogen (secondary N) is 2. The van der Waals surface area contributed by atoms with Crippen LogP contribution >= 0.6 is 0 Å². The second-order valence-electron chi connectivity index (χ2n) is 10.6. The summed E-state index contributed by atoms with van der Waals surface area (Å²) in [6.45, 7) is 1.75. The summed E-state index contributed by atoms with van der Waals surface area (Å²) in [5.41, 5.74) is 5.70. The van der Waals surface area contributed by atoms with Gasteiger partial charge in [-0.1, -0.05) is 12.1 Å². The Kier molecular flexibility index (Phi) is 7.18. The first-order chi connectivity index (χ1) is 19.5. The largest absolute Gasteiger partial charge is 0.508 e. The van der Waals surface area contributed by atoms with Crippen LogP contribution in [0.25, 0.3) is 11.1 Å². The maximum Gasteiger partial charge on any atom is 0.160 e. The molecule has 6 N–H and O–H groups in total. The second kappa shape index (κ2) is 10.9. The number of benzene rings is 3. The minimum absolute atomic E-state index is 0.0171. The highest BCUT2D eigenvalue weighted by atomic mass is 16.5. The van der Waals surface area contributed by atoms with Crippen molar-refractivity contribution in [3.8, 4) is 39.9 Å². The van der Waals surface area contributed by atoms with E-state index in [-0.39, 0.29) is 30.6 Å². The quantitative estimate of drug-likeness (QED) is 0.254. The van der Waals surface area contributed by atoms with E-state index in [2.05, 4.69) is 11.5 Å². The first-order valence-corrected chi connectivity index (χ1v) is 13.7. The summed E-state index contributed by atoms with van der Waals surface area (Å²) < 4.78 is 17.9. The van der Waals surface area contributed by atoms with Crippen molar-refractivity contribution in [2.45, 2.75) is 37.4 Å². The van der Waals surface area contributed by atoms with Crippen LogP contribution in [0.4, 0.5) is 0 Å². The van der Waals surface area contributed by atoms with Crippen LogP contribution in [0.2, 0.25) is 0 Å². The van der Waals surface area contributed by atoms with E-state index in [4.69, 9.17) is 14.2 Å². The Morgan fingerprint density at radius 1 is 1.07 bits per heavy atom. The van der Waals surface area contributed by atoms with Crippen LogP contribution in [0.1, 0.15) is 40.7 Å². The van der Waals surface area contributed by atoms with Crippen molar-refractivity contribution < 1.29 is 39.5 Å². The number of hydrogen-bond acceptors (Lipinski definition) is 8. The number of phenols is 2. The number of quaternary nitrogens is 1. The van der Waals surface area contributed by atoms with E-state index >= 15 is 0 Å². The van der Waals surface area contributed by atoms with Crippen molar-refractivity contribution in [2.75, 3.05) is 33.5 Å². The molecule has 0 aromatic heterocycles. The van der Waals surface area contributed by atoms with Gasteiger partial charge in [0.2, 0.25) is 0 Å². The Morgan fingerprint density at radius 2 is 1.95 bits per heavy atom. The Labute approximate surface area is 232 Å². The lowest BCUT2D eigenvalue weighted by atomic mass is 9.73. The van der Waals surface area contributed by atoms with Gasteiger partial charge in [-0.3, -0.25) is 4.90 Å². The summed E-state index contributed by atoms with van der Waals surface area (Å²) in [5.74, 6) is 1.90. The van der Waals surface area contributed by atoms with E-state index in [1.54, 1.807) is 18.2 Å². The zero-order chi connectivity index (χ0) is 27.8. The van der Waals surface area contributed by atoms with Gasteiger partial charge in [0.05, 0.1) is 32.6 Å². The summed E-state index contributed by atoms with van der Waals surface area (Å²) in [5, 5.41) is 44.6. The average molecular weight is 548 g/mol. The molecule has 0 bridgehead atoms. The number of phenolic OH excluding ortho intramolecular Hbond substituents is 2. The third-order valence-electron chi connectivity index (χ3n) is 8.11. The molecule has 0 saturated heterocycles. The molecule has 1 aliphatic carbocycles. The number of hydrogen-bond donors (Lipinski definition) is 6. The van der Waals surface area contributed by atoms with Crippen LogP contribution in [0.15, 0.2) is 54.9 Å². The van der Waals surface area contributed by atoms with Crippen molar-refractivity contribution in [2.24, 2.45) is 0 Å². The van der Waals surface area contributed by atoms with E-state index in [1.165, 1.54) is 18.1 Å². The minimum Gasteiger partial charge on any atom is -0.508 e. The van der Waals surface area contributed by atoms with Gasteiger partial charge in [-0.15, -0.1) is 0 Å². The normalized spacial score (nSPS) is 22.5. The van der Waals surface area contributed by atoms with Crippen LogP contribution in [0.5, 0.6) is 28.7 Å². The summed E-state index contributed by atoms with van der Waals surface area (Å²) >= 11 is 0. The van der Waals surface area contributed by atoms with Gasteiger partial charge >= 0.3 is 0 Å². The fourth-order valence-electron chi connectivity index (χ4n) is 6.26. The van der Waals surface area contributed by atoms with Crippen LogP contribution in [-0.4, -0.2) is 60.1 Å². The lowest BCUT2D eigenvalue weighted by Gasteiger charge is -2.37. The number of fused-ring (bicyclic) bond motifs is 5. The molecule has 2 aliphatic heterocycles. The predicted octanol–water partition coefficient (Wildman–Crippen LogP) is 2.13. The van der Waals surface area contributed by atoms with Crippen molar-refractivity contribution in [1.29, 1.82) is 0 Å². The second-order valence-corrected chi connectivity index (χ2v) is 10.6. The number of aromatic hydroxyl groups is 2. The van der Waals surface area contributed by atoms with Gasteiger partial charge in [0.15, 0.2) is 18.2 Å². The average Bonchev–Trinajstić information content (AvgIpc) is 3.48. The SMILES string of the molecule is COc1cc(C2Oc3cc(OCCO)c4c(c3CC2O)C(CC[NH+]2C=CNC2)Cc2cc(O)ccc2-4)ccc1O. The Hall–Kier alpha value is -3.92. The predicted molar refractivity (Wildman–Crippen MR) is 148 cm³/mol. The van der Waals surface area contributed by atoms with Crippen LogP contribution < -0.4 is 24.4 Å². The maximum absolute atomic E-state index is 11.4. The fourth-order valence-corrected chi connectivity index (χ4v) is 6.26. The van der Waals surface area contributed by atoms with Crippen molar-refractivity contribution in [3.63, 3.8) is 0 Å². The molecule has 4 unspecified atom stereocenters. The van der Waals surface area contributed by atoms with Crippen molar-refractivity contribution >= 4 is 0 Å². The molecule has 9 heteroatoms. The smallest absolute Gasteiger partial charge is 0.160 e. The molecule has 3 aliphatic rings. The van der Waals surface area contributed by atoms with E-state index < -0.39 is 12.2 Å². The zero-order valence-corrected chi connectivity index (χ0v) is 22.4. The van der Waals surface area contributed by atoms with E-state index in [0.717, 1.165) is 53.9 Å². The van der Waals surface area contributed by atoms with Gasteiger partial charge in [0.25, 0.3) is 0 Å². The molecule has 0 amide bonds. The molecule has 3 aromatic rings. The van der Waals surface area contributed by atoms with E-state index in [1.807, 2.05) is 24.4 Å². The number of aliphatic hydroxyl groups is 2. The highest BCUT2D eigenvalue weighted by Gasteiger charge is 2.38. The van der Waals surface area contributed by atoms with Crippen molar-refractivity contribution in [1.82, 2.24) is 5.32 Å². The zero-order valence-electron chi connectivity index (χ0n) is 22.4. The molecular formula is C31H35N2O7+.